The second-order valence-electron chi connectivity index (χ2n) is 5.12. The highest BCUT2D eigenvalue weighted by Crippen LogP contribution is 2.45. The van der Waals surface area contributed by atoms with Crippen molar-refractivity contribution in [2.24, 2.45) is 5.41 Å². The van der Waals surface area contributed by atoms with Gasteiger partial charge in [-0.3, -0.25) is 9.59 Å². The highest BCUT2D eigenvalue weighted by molar-refractivity contribution is 5.82. The molecule has 20 heavy (non-hydrogen) atoms. The normalized spacial score (nSPS) is 15.4. The van der Waals surface area contributed by atoms with E-state index in [9.17, 15) is 9.59 Å². The fraction of sp³-hybridized carbons (Fsp3) is 0.467. The average molecular weight is 277 g/mol. The molecule has 0 spiro atoms. The van der Waals surface area contributed by atoms with E-state index in [-0.39, 0.29) is 18.9 Å². The Morgan fingerprint density at radius 1 is 1.30 bits per heavy atom. The maximum Gasteiger partial charge on any atom is 0.311 e. The summed E-state index contributed by atoms with van der Waals surface area (Å²) >= 11 is 0. The molecule has 2 N–H and O–H groups in total. The molecule has 0 atom stereocenters. The summed E-state index contributed by atoms with van der Waals surface area (Å²) in [6.45, 7) is 2.74. The molecule has 108 valence electrons. The molecule has 1 aromatic carbocycles. The average Bonchev–Trinajstić information content (AvgIpc) is 3.20. The second-order valence-corrected chi connectivity index (χ2v) is 5.12. The van der Waals surface area contributed by atoms with E-state index in [0.717, 1.165) is 11.3 Å². The Labute approximate surface area is 117 Å². The third-order valence-corrected chi connectivity index (χ3v) is 3.53. The number of carboxylic acid groups (broad SMARTS) is 1. The van der Waals surface area contributed by atoms with Crippen LogP contribution in [0.2, 0.25) is 0 Å². The molecule has 1 aliphatic rings. The van der Waals surface area contributed by atoms with Crippen molar-refractivity contribution in [2.75, 3.05) is 13.2 Å². The number of benzene rings is 1. The monoisotopic (exact) mass is 277 g/mol. The molecule has 5 heteroatoms. The third-order valence-electron chi connectivity index (χ3n) is 3.53. The lowest BCUT2D eigenvalue weighted by Crippen LogP contribution is -2.35. The van der Waals surface area contributed by atoms with E-state index in [1.165, 1.54) is 0 Å². The lowest BCUT2D eigenvalue weighted by atomic mass is 10.1. The molecule has 1 amide bonds. The number of nitrogens with one attached hydrogen (secondary N) is 1. The minimum atomic E-state index is -0.820. The zero-order valence-corrected chi connectivity index (χ0v) is 11.5. The second kappa shape index (κ2) is 5.94. The smallest absolute Gasteiger partial charge is 0.311 e. The Morgan fingerprint density at radius 2 is 1.95 bits per heavy atom. The van der Waals surface area contributed by atoms with Gasteiger partial charge < -0.3 is 15.2 Å². The van der Waals surface area contributed by atoms with E-state index in [1.54, 1.807) is 0 Å². The van der Waals surface area contributed by atoms with Gasteiger partial charge in [0.15, 0.2) is 0 Å². The lowest BCUT2D eigenvalue weighted by Gasteiger charge is -2.11. The Hall–Kier alpha value is -2.04. The van der Waals surface area contributed by atoms with Crippen LogP contribution in [-0.4, -0.2) is 30.1 Å². The van der Waals surface area contributed by atoms with Crippen LogP contribution in [0.4, 0.5) is 0 Å². The number of hydrogen-bond acceptors (Lipinski definition) is 3. The van der Waals surface area contributed by atoms with Gasteiger partial charge in [-0.05, 0) is 37.5 Å². The van der Waals surface area contributed by atoms with Crippen molar-refractivity contribution in [3.63, 3.8) is 0 Å². The first-order chi connectivity index (χ1) is 9.55. The Balaban J connectivity index is 1.81. The van der Waals surface area contributed by atoms with Crippen LogP contribution in [0, 0.1) is 5.41 Å². The van der Waals surface area contributed by atoms with Crippen molar-refractivity contribution in [3.8, 4) is 5.75 Å². The van der Waals surface area contributed by atoms with E-state index >= 15 is 0 Å². The summed E-state index contributed by atoms with van der Waals surface area (Å²) in [5.74, 6) is -0.194. The Morgan fingerprint density at radius 3 is 2.45 bits per heavy atom. The predicted molar refractivity (Wildman–Crippen MR) is 73.6 cm³/mol. The minimum Gasteiger partial charge on any atom is -0.494 e. The summed E-state index contributed by atoms with van der Waals surface area (Å²) < 4.78 is 5.33. The largest absolute Gasteiger partial charge is 0.494 e. The molecule has 1 fully saturated rings. The topological polar surface area (TPSA) is 75.6 Å². The van der Waals surface area contributed by atoms with Crippen molar-refractivity contribution < 1.29 is 19.4 Å². The van der Waals surface area contributed by atoms with Gasteiger partial charge in [-0.15, -0.1) is 0 Å². The number of amides is 1. The SMILES string of the molecule is CCOc1ccc(CC(=O)NCC2(C(=O)O)CC2)cc1. The van der Waals surface area contributed by atoms with Crippen molar-refractivity contribution in [1.82, 2.24) is 5.32 Å². The fourth-order valence-electron chi connectivity index (χ4n) is 2.00. The van der Waals surface area contributed by atoms with Crippen LogP contribution in [0.5, 0.6) is 5.75 Å². The first kappa shape index (κ1) is 14.4. The number of hydrogen-bond donors (Lipinski definition) is 2. The van der Waals surface area contributed by atoms with Crippen LogP contribution >= 0.6 is 0 Å². The molecule has 2 rings (SSSR count). The molecule has 1 aliphatic carbocycles. The number of carboxylic acids is 1. The third kappa shape index (κ3) is 3.50. The maximum absolute atomic E-state index is 11.8. The van der Waals surface area contributed by atoms with Gasteiger partial charge in [0.2, 0.25) is 5.91 Å². The van der Waals surface area contributed by atoms with E-state index in [2.05, 4.69) is 5.32 Å². The van der Waals surface area contributed by atoms with E-state index in [0.29, 0.717) is 19.4 Å². The molecule has 5 nitrogen and oxygen atoms in total. The summed E-state index contributed by atoms with van der Waals surface area (Å²) in [4.78, 5) is 22.8. The van der Waals surface area contributed by atoms with Crippen LogP contribution in [0.15, 0.2) is 24.3 Å². The fourth-order valence-corrected chi connectivity index (χ4v) is 2.00. The summed E-state index contributed by atoms with van der Waals surface area (Å²) in [6, 6.07) is 7.33. The summed E-state index contributed by atoms with van der Waals surface area (Å²) in [5, 5.41) is 11.7. The summed E-state index contributed by atoms with van der Waals surface area (Å²) in [5.41, 5.74) is 0.167. The standard InChI is InChI=1S/C15H19NO4/c1-2-20-12-5-3-11(4-6-12)9-13(17)16-10-15(7-8-15)14(18)19/h3-6H,2,7-10H2,1H3,(H,16,17)(H,18,19). The number of ether oxygens (including phenoxy) is 1. The number of aliphatic carboxylic acids is 1. The van der Waals surface area contributed by atoms with Gasteiger partial charge in [0.25, 0.3) is 0 Å². The van der Waals surface area contributed by atoms with Gasteiger partial charge in [-0.1, -0.05) is 12.1 Å². The van der Waals surface area contributed by atoms with Gasteiger partial charge in [-0.25, -0.2) is 0 Å². The predicted octanol–water partition coefficient (Wildman–Crippen LogP) is 1.61. The molecular weight excluding hydrogens is 258 g/mol. The summed E-state index contributed by atoms with van der Waals surface area (Å²) in [6.07, 6.45) is 1.54. The molecule has 0 heterocycles. The molecule has 0 aliphatic heterocycles. The maximum atomic E-state index is 11.8. The van der Waals surface area contributed by atoms with Crippen molar-refractivity contribution in [1.29, 1.82) is 0 Å². The molecular formula is C15H19NO4. The van der Waals surface area contributed by atoms with Crippen LogP contribution in [0.1, 0.15) is 25.3 Å². The Bertz CT molecular complexity index is 491. The molecule has 0 unspecified atom stereocenters. The van der Waals surface area contributed by atoms with Crippen LogP contribution in [0.25, 0.3) is 0 Å². The van der Waals surface area contributed by atoms with Crippen molar-refractivity contribution >= 4 is 11.9 Å². The van der Waals surface area contributed by atoms with Crippen LogP contribution in [-0.2, 0) is 16.0 Å². The van der Waals surface area contributed by atoms with Gasteiger partial charge in [0.05, 0.1) is 18.4 Å². The number of carbonyl (C=O) groups excluding carboxylic acids is 1. The van der Waals surface area contributed by atoms with Gasteiger partial charge >= 0.3 is 5.97 Å². The molecule has 0 saturated heterocycles. The minimum absolute atomic E-state index is 0.151. The first-order valence-corrected chi connectivity index (χ1v) is 6.77. The van der Waals surface area contributed by atoms with E-state index in [1.807, 2.05) is 31.2 Å². The highest BCUT2D eigenvalue weighted by Gasteiger charge is 2.50. The number of rotatable bonds is 7. The van der Waals surface area contributed by atoms with Crippen molar-refractivity contribution in [2.45, 2.75) is 26.2 Å². The zero-order chi connectivity index (χ0) is 14.6. The molecule has 1 aromatic rings. The Kier molecular flexibility index (Phi) is 4.27. The quantitative estimate of drug-likeness (QED) is 0.794. The van der Waals surface area contributed by atoms with E-state index in [4.69, 9.17) is 9.84 Å². The number of carbonyl (C=O) groups is 2. The lowest BCUT2D eigenvalue weighted by molar-refractivity contribution is -0.143. The molecule has 1 saturated carbocycles. The van der Waals surface area contributed by atoms with Gasteiger partial charge in [0, 0.05) is 6.54 Å². The molecule has 0 aromatic heterocycles. The summed E-state index contributed by atoms with van der Waals surface area (Å²) in [7, 11) is 0. The van der Waals surface area contributed by atoms with Crippen LogP contribution in [0.3, 0.4) is 0 Å². The van der Waals surface area contributed by atoms with Crippen LogP contribution < -0.4 is 10.1 Å². The zero-order valence-electron chi connectivity index (χ0n) is 11.5. The molecule has 0 radical (unpaired) electrons. The highest BCUT2D eigenvalue weighted by atomic mass is 16.5. The van der Waals surface area contributed by atoms with Crippen molar-refractivity contribution in [3.05, 3.63) is 29.8 Å². The van der Waals surface area contributed by atoms with E-state index < -0.39 is 11.4 Å². The van der Waals surface area contributed by atoms with Gasteiger partial charge in [-0.2, -0.15) is 0 Å². The first-order valence-electron chi connectivity index (χ1n) is 6.77. The van der Waals surface area contributed by atoms with Gasteiger partial charge in [0.1, 0.15) is 5.75 Å². The molecule has 0 bridgehead atoms.